The number of nitrogens with one attached hydrogen (secondary N) is 2. The molecule has 0 amide bonds. The van der Waals surface area contributed by atoms with Gasteiger partial charge in [0, 0.05) is 0 Å². The number of hydrogen-bond donors (Lipinski definition) is 4. The zero-order valence-corrected chi connectivity index (χ0v) is 7.70. The molecule has 0 aromatic rings. The summed E-state index contributed by atoms with van der Waals surface area (Å²) in [7, 11) is 0. The van der Waals surface area contributed by atoms with Crippen molar-refractivity contribution >= 4 is 5.97 Å². The topological polar surface area (TPSA) is 96.6 Å². The maximum Gasteiger partial charge on any atom is 0.328 e. The number of esters is 1. The average Bonchev–Trinajstić information content (AvgIpc) is 2.05. The van der Waals surface area contributed by atoms with Crippen molar-refractivity contribution in [2.45, 2.75) is 19.9 Å². The van der Waals surface area contributed by atoms with Crippen LogP contribution in [0.2, 0.25) is 0 Å². The second-order valence-corrected chi connectivity index (χ2v) is 2.31. The zero-order chi connectivity index (χ0) is 10.3. The largest absolute Gasteiger partial charge is 0.494 e. The normalized spacial score (nSPS) is 13.3. The fourth-order valence-electron chi connectivity index (χ4n) is 0.669. The predicted molar refractivity (Wildman–Crippen MR) is 47.3 cm³/mol. The lowest BCUT2D eigenvalue weighted by molar-refractivity contribution is -0.145. The number of hydrogen-bond acceptors (Lipinski definition) is 6. The maximum absolute atomic E-state index is 11.0. The molecule has 0 aliphatic rings. The van der Waals surface area contributed by atoms with Crippen LogP contribution in [0.3, 0.4) is 0 Å². The van der Waals surface area contributed by atoms with Crippen LogP contribution in [0.1, 0.15) is 13.8 Å². The van der Waals surface area contributed by atoms with E-state index in [1.54, 1.807) is 13.8 Å². The number of carbonyl (C=O) groups excluding carboxylic acids is 1. The Morgan fingerprint density at radius 3 is 2.85 bits per heavy atom. The fraction of sp³-hybridized carbons (Fsp3) is 0.571. The summed E-state index contributed by atoms with van der Waals surface area (Å²) < 4.78 is 4.69. The first kappa shape index (κ1) is 11.6. The van der Waals surface area contributed by atoms with Crippen molar-refractivity contribution in [3.05, 3.63) is 12.1 Å². The Bertz CT molecular complexity index is 193. The molecule has 6 nitrogen and oxygen atoms in total. The maximum atomic E-state index is 11.0. The fourth-order valence-corrected chi connectivity index (χ4v) is 0.669. The highest BCUT2D eigenvalue weighted by atomic mass is 16.5. The van der Waals surface area contributed by atoms with Gasteiger partial charge >= 0.3 is 5.97 Å². The van der Waals surface area contributed by atoms with Gasteiger partial charge in [0.05, 0.1) is 12.8 Å². The quantitative estimate of drug-likeness (QED) is 0.198. The smallest absolute Gasteiger partial charge is 0.328 e. The number of aliphatic hydroxyl groups excluding tert-OH is 1. The molecule has 0 spiro atoms. The summed E-state index contributed by atoms with van der Waals surface area (Å²) in [6, 6.07) is -0.607. The lowest BCUT2D eigenvalue weighted by Gasteiger charge is -2.12. The molecule has 0 aliphatic carbocycles. The molecule has 0 bridgehead atoms. The van der Waals surface area contributed by atoms with E-state index in [-0.39, 0.29) is 5.88 Å². The Hall–Kier alpha value is -1.43. The minimum absolute atomic E-state index is 0.219. The molecule has 0 saturated heterocycles. The molecule has 0 saturated carbocycles. The number of carbonyl (C=O) groups is 1. The molecule has 0 fully saturated rings. The number of nitrogens with two attached hydrogens (primary N) is 1. The first-order valence-corrected chi connectivity index (χ1v) is 3.90. The Balaban J connectivity index is 3.92. The highest BCUT2D eigenvalue weighted by molar-refractivity contribution is 5.75. The van der Waals surface area contributed by atoms with E-state index in [0.29, 0.717) is 6.61 Å². The molecule has 0 radical (unpaired) electrons. The summed E-state index contributed by atoms with van der Waals surface area (Å²) in [5.74, 6) is 4.25. The van der Waals surface area contributed by atoms with Crippen LogP contribution in [-0.4, -0.2) is 23.7 Å². The van der Waals surface area contributed by atoms with E-state index in [1.165, 1.54) is 0 Å². The molecule has 0 aromatic carbocycles. The van der Waals surface area contributed by atoms with E-state index in [1.807, 2.05) is 0 Å². The van der Waals surface area contributed by atoms with Crippen LogP contribution >= 0.6 is 0 Å². The molecule has 5 N–H and O–H groups in total. The van der Waals surface area contributed by atoms with Gasteiger partial charge in [-0.15, -0.1) is 0 Å². The molecule has 6 heteroatoms. The van der Waals surface area contributed by atoms with Crippen LogP contribution in [0, 0.1) is 0 Å². The van der Waals surface area contributed by atoms with Crippen molar-refractivity contribution in [1.29, 1.82) is 0 Å². The zero-order valence-electron chi connectivity index (χ0n) is 7.70. The van der Waals surface area contributed by atoms with Gasteiger partial charge in [-0.1, -0.05) is 0 Å². The van der Waals surface area contributed by atoms with Crippen LogP contribution in [0.5, 0.6) is 0 Å². The van der Waals surface area contributed by atoms with Gasteiger partial charge in [0.25, 0.3) is 0 Å². The summed E-state index contributed by atoms with van der Waals surface area (Å²) in [5.41, 5.74) is 2.12. The molecule has 0 aliphatic heterocycles. The third-order valence-corrected chi connectivity index (χ3v) is 1.22. The SMILES string of the molecule is CCOC(=O)C(C)NC(O)=CNN. The van der Waals surface area contributed by atoms with Gasteiger partial charge in [0.2, 0.25) is 5.88 Å². The van der Waals surface area contributed by atoms with Gasteiger partial charge < -0.3 is 20.6 Å². The highest BCUT2D eigenvalue weighted by Crippen LogP contribution is 1.90. The van der Waals surface area contributed by atoms with E-state index in [2.05, 4.69) is 10.7 Å². The van der Waals surface area contributed by atoms with Crippen molar-refractivity contribution in [1.82, 2.24) is 10.7 Å². The third-order valence-electron chi connectivity index (χ3n) is 1.22. The van der Waals surface area contributed by atoms with Crippen LogP contribution in [-0.2, 0) is 9.53 Å². The van der Waals surface area contributed by atoms with Gasteiger partial charge in [-0.2, -0.15) is 0 Å². The van der Waals surface area contributed by atoms with E-state index in [9.17, 15) is 4.79 Å². The van der Waals surface area contributed by atoms with Crippen LogP contribution in [0.4, 0.5) is 0 Å². The van der Waals surface area contributed by atoms with Crippen molar-refractivity contribution in [2.75, 3.05) is 6.61 Å². The average molecular weight is 189 g/mol. The van der Waals surface area contributed by atoms with Gasteiger partial charge in [-0.05, 0) is 13.8 Å². The summed E-state index contributed by atoms with van der Waals surface area (Å²) in [5, 5.41) is 11.5. The molecular formula is C7H15N3O3. The van der Waals surface area contributed by atoms with E-state index in [0.717, 1.165) is 6.20 Å². The molecule has 0 rings (SSSR count). The summed E-state index contributed by atoms with van der Waals surface area (Å²) >= 11 is 0. The summed E-state index contributed by atoms with van der Waals surface area (Å²) in [6.07, 6.45) is 1.12. The minimum atomic E-state index is -0.607. The minimum Gasteiger partial charge on any atom is -0.494 e. The molecule has 1 unspecified atom stereocenters. The molecule has 13 heavy (non-hydrogen) atoms. The van der Waals surface area contributed by atoms with Crippen LogP contribution in [0.25, 0.3) is 0 Å². The second kappa shape index (κ2) is 6.13. The van der Waals surface area contributed by atoms with Gasteiger partial charge in [0.1, 0.15) is 6.04 Å². The van der Waals surface area contributed by atoms with Crippen LogP contribution in [0.15, 0.2) is 12.1 Å². The molecule has 0 aromatic heterocycles. The number of aliphatic hydroxyl groups is 1. The summed E-state index contributed by atoms with van der Waals surface area (Å²) in [4.78, 5) is 11.0. The molecule has 76 valence electrons. The third kappa shape index (κ3) is 4.91. The number of hydrazine groups is 1. The highest BCUT2D eigenvalue weighted by Gasteiger charge is 2.13. The predicted octanol–water partition coefficient (Wildman–Crippen LogP) is -0.652. The van der Waals surface area contributed by atoms with Crippen molar-refractivity contribution in [2.24, 2.45) is 5.84 Å². The van der Waals surface area contributed by atoms with Gasteiger partial charge in [-0.25, -0.2) is 4.79 Å². The number of rotatable bonds is 5. The first-order chi connectivity index (χ1) is 6.11. The van der Waals surface area contributed by atoms with Crippen molar-refractivity contribution < 1.29 is 14.6 Å². The van der Waals surface area contributed by atoms with E-state index >= 15 is 0 Å². The van der Waals surface area contributed by atoms with Crippen molar-refractivity contribution in [3.8, 4) is 0 Å². The van der Waals surface area contributed by atoms with E-state index in [4.69, 9.17) is 15.7 Å². The first-order valence-electron chi connectivity index (χ1n) is 3.90. The Morgan fingerprint density at radius 1 is 1.77 bits per heavy atom. The lowest BCUT2D eigenvalue weighted by atomic mass is 10.3. The van der Waals surface area contributed by atoms with E-state index < -0.39 is 12.0 Å². The van der Waals surface area contributed by atoms with Gasteiger partial charge in [-0.3, -0.25) is 5.84 Å². The summed E-state index contributed by atoms with van der Waals surface area (Å²) in [6.45, 7) is 3.59. The monoisotopic (exact) mass is 189 g/mol. The van der Waals surface area contributed by atoms with Gasteiger partial charge in [0.15, 0.2) is 0 Å². The molecule has 0 heterocycles. The van der Waals surface area contributed by atoms with Crippen LogP contribution < -0.4 is 16.6 Å². The lowest BCUT2D eigenvalue weighted by Crippen LogP contribution is -2.35. The number of ether oxygens (including phenoxy) is 1. The van der Waals surface area contributed by atoms with Crippen molar-refractivity contribution in [3.63, 3.8) is 0 Å². The Morgan fingerprint density at radius 2 is 2.38 bits per heavy atom. The Kier molecular flexibility index (Phi) is 5.45. The Labute approximate surface area is 76.7 Å². The second-order valence-electron chi connectivity index (χ2n) is 2.31. The molecule has 1 atom stereocenters. The standard InChI is InChI=1S/C7H15N3O3/c1-3-13-7(12)5(2)10-6(11)4-9-8/h4-5,9-11H,3,8H2,1-2H3. The molecular weight excluding hydrogens is 174 g/mol.